The fourth-order valence-electron chi connectivity index (χ4n) is 3.15. The van der Waals surface area contributed by atoms with Gasteiger partial charge in [-0.2, -0.15) is 0 Å². The molecule has 1 heterocycles. The topological polar surface area (TPSA) is 55.8 Å². The van der Waals surface area contributed by atoms with Crippen LogP contribution in [0, 0.1) is 0 Å². The number of anilines is 3. The molecule has 0 aliphatic carbocycles. The molecular formula is C25H29N3O2S. The Labute approximate surface area is 188 Å². The van der Waals surface area contributed by atoms with Crippen molar-refractivity contribution in [3.05, 3.63) is 72.8 Å². The van der Waals surface area contributed by atoms with Crippen LogP contribution in [-0.2, 0) is 4.79 Å². The van der Waals surface area contributed by atoms with Crippen molar-refractivity contribution in [1.29, 1.82) is 0 Å². The highest BCUT2D eigenvalue weighted by Gasteiger charge is 2.24. The second kappa shape index (κ2) is 10.4. The lowest BCUT2D eigenvalue weighted by Crippen LogP contribution is -2.37. The van der Waals surface area contributed by atoms with E-state index in [1.165, 1.54) is 40.2 Å². The van der Waals surface area contributed by atoms with Gasteiger partial charge < -0.3 is 20.2 Å². The van der Waals surface area contributed by atoms with Crippen LogP contribution in [0.3, 0.4) is 0 Å². The number of amides is 1. The number of nitrogens with zero attached hydrogens (tertiary/aromatic N) is 2. The van der Waals surface area contributed by atoms with Gasteiger partial charge >= 0.3 is 0 Å². The minimum Gasteiger partial charge on any atom is -0.508 e. The number of aromatic hydroxyl groups is 1. The highest BCUT2D eigenvalue weighted by Crippen LogP contribution is 2.47. The largest absolute Gasteiger partial charge is 0.508 e. The lowest BCUT2D eigenvalue weighted by molar-refractivity contribution is -0.114. The van der Waals surface area contributed by atoms with Crippen LogP contribution in [0.1, 0.15) is 13.8 Å². The summed E-state index contributed by atoms with van der Waals surface area (Å²) < 4.78 is 0. The lowest BCUT2D eigenvalue weighted by Gasteiger charge is -2.36. The molecule has 0 fully saturated rings. The zero-order valence-electron chi connectivity index (χ0n) is 18.4. The Morgan fingerprint density at radius 2 is 1.48 bits per heavy atom. The zero-order valence-corrected chi connectivity index (χ0v) is 19.2. The fourth-order valence-corrected chi connectivity index (χ4v) is 4.25. The Hall–Kier alpha value is -2.96. The molecule has 162 valence electrons. The number of hydrogen-bond acceptors (Lipinski definition) is 5. The molecule has 1 atom stereocenters. The summed E-state index contributed by atoms with van der Waals surface area (Å²) in [5, 5.41) is 11.5. The van der Waals surface area contributed by atoms with Crippen LogP contribution in [0.4, 0.5) is 17.1 Å². The second-order valence-corrected chi connectivity index (χ2v) is 8.77. The van der Waals surface area contributed by atoms with Crippen LogP contribution in [0.25, 0.3) is 0 Å². The number of fused-ring (bicyclic) bond motifs is 2. The van der Waals surface area contributed by atoms with Gasteiger partial charge in [-0.05, 0) is 69.6 Å². The average molecular weight is 436 g/mol. The Morgan fingerprint density at radius 3 is 1.97 bits per heavy atom. The molecule has 5 nitrogen and oxygen atoms in total. The molecule has 1 aliphatic heterocycles. The summed E-state index contributed by atoms with van der Waals surface area (Å²) in [6, 6.07) is 24.2. The molecule has 3 aromatic carbocycles. The molecule has 3 aromatic rings. The predicted octanol–water partition coefficient (Wildman–Crippen LogP) is 5.59. The normalized spacial score (nSPS) is 12.9. The predicted molar refractivity (Wildman–Crippen MR) is 130 cm³/mol. The molecule has 0 aromatic heterocycles. The third kappa shape index (κ3) is 6.03. The molecule has 1 aliphatic rings. The lowest BCUT2D eigenvalue weighted by atomic mass is 10.2. The minimum absolute atomic E-state index is 0.115. The zero-order chi connectivity index (χ0) is 22.4. The van der Waals surface area contributed by atoms with Gasteiger partial charge in [-0.15, -0.1) is 0 Å². The Morgan fingerprint density at radius 1 is 0.968 bits per heavy atom. The van der Waals surface area contributed by atoms with E-state index < -0.39 is 0 Å². The molecule has 4 rings (SSSR count). The Bertz CT molecular complexity index is 976. The summed E-state index contributed by atoms with van der Waals surface area (Å²) in [6.45, 7) is 4.71. The first-order valence-corrected chi connectivity index (χ1v) is 11.0. The van der Waals surface area contributed by atoms with E-state index in [1.807, 2.05) is 11.8 Å². The summed E-state index contributed by atoms with van der Waals surface area (Å²) in [4.78, 5) is 17.9. The molecule has 0 radical (unpaired) electrons. The van der Waals surface area contributed by atoms with Crippen molar-refractivity contribution in [2.45, 2.75) is 29.7 Å². The molecule has 0 saturated heterocycles. The number of phenolic OH excluding ortho intramolecular Hbond substituents is 1. The molecule has 31 heavy (non-hydrogen) atoms. The van der Waals surface area contributed by atoms with E-state index >= 15 is 0 Å². The van der Waals surface area contributed by atoms with Crippen LogP contribution in [0.2, 0.25) is 0 Å². The van der Waals surface area contributed by atoms with E-state index in [0.29, 0.717) is 11.7 Å². The van der Waals surface area contributed by atoms with Gasteiger partial charge in [0, 0.05) is 35.0 Å². The minimum atomic E-state index is -0.115. The van der Waals surface area contributed by atoms with E-state index in [1.54, 1.807) is 12.1 Å². The van der Waals surface area contributed by atoms with Crippen LogP contribution in [-0.4, -0.2) is 42.6 Å². The first-order valence-electron chi connectivity index (χ1n) is 10.2. The quantitative estimate of drug-likeness (QED) is 0.523. The van der Waals surface area contributed by atoms with Crippen LogP contribution in [0.15, 0.2) is 82.6 Å². The Balaban J connectivity index is 0.000000210. The smallest absolute Gasteiger partial charge is 0.221 e. The number of benzene rings is 3. The maximum Gasteiger partial charge on any atom is 0.221 e. The molecule has 1 amide bonds. The van der Waals surface area contributed by atoms with Crippen molar-refractivity contribution in [3.8, 4) is 5.75 Å². The Kier molecular flexibility index (Phi) is 7.60. The van der Waals surface area contributed by atoms with E-state index in [9.17, 15) is 4.79 Å². The molecule has 2 N–H and O–H groups in total. The number of carbonyl (C=O) groups excluding carboxylic acids is 1. The van der Waals surface area contributed by atoms with E-state index in [2.05, 4.69) is 84.7 Å². The third-order valence-corrected chi connectivity index (χ3v) is 6.18. The first kappa shape index (κ1) is 22.7. The summed E-state index contributed by atoms with van der Waals surface area (Å²) >= 11 is 1.87. The van der Waals surface area contributed by atoms with E-state index in [0.717, 1.165) is 6.54 Å². The van der Waals surface area contributed by atoms with Crippen LogP contribution in [0.5, 0.6) is 5.75 Å². The number of rotatable bonds is 4. The maximum absolute atomic E-state index is 10.5. The SMILES string of the molecule is CC(=O)Nc1ccc(O)cc1.CC(CN1c2ccccc2Sc2ccccc21)N(C)C. The van der Waals surface area contributed by atoms with Gasteiger partial charge in [-0.3, -0.25) is 4.79 Å². The summed E-state index contributed by atoms with van der Waals surface area (Å²) in [5.41, 5.74) is 3.34. The number of hydrogen-bond donors (Lipinski definition) is 2. The molecule has 0 bridgehead atoms. The van der Waals surface area contributed by atoms with Crippen LogP contribution >= 0.6 is 11.8 Å². The van der Waals surface area contributed by atoms with Gasteiger partial charge in [0.2, 0.25) is 5.91 Å². The molecule has 1 unspecified atom stereocenters. The number of nitrogens with one attached hydrogen (secondary N) is 1. The van der Waals surface area contributed by atoms with Gasteiger partial charge in [-0.1, -0.05) is 36.0 Å². The number of para-hydroxylation sites is 2. The van der Waals surface area contributed by atoms with Crippen molar-refractivity contribution in [3.63, 3.8) is 0 Å². The summed E-state index contributed by atoms with van der Waals surface area (Å²) in [5.74, 6) is 0.0785. The molecule has 0 saturated carbocycles. The summed E-state index contributed by atoms with van der Waals surface area (Å²) in [6.07, 6.45) is 0. The van der Waals surface area contributed by atoms with Crippen molar-refractivity contribution in [2.75, 3.05) is 30.9 Å². The highest BCUT2D eigenvalue weighted by molar-refractivity contribution is 7.99. The van der Waals surface area contributed by atoms with Gasteiger partial charge in [0.25, 0.3) is 0 Å². The number of likely N-dealkylation sites (N-methyl/N-ethyl adjacent to an activating group) is 1. The monoisotopic (exact) mass is 435 g/mol. The van der Waals surface area contributed by atoms with Crippen molar-refractivity contribution < 1.29 is 9.90 Å². The van der Waals surface area contributed by atoms with Crippen LogP contribution < -0.4 is 10.2 Å². The average Bonchev–Trinajstić information content (AvgIpc) is 2.75. The first-order chi connectivity index (χ1) is 14.8. The molecule has 0 spiro atoms. The van der Waals surface area contributed by atoms with Crippen molar-refractivity contribution >= 4 is 34.7 Å². The highest BCUT2D eigenvalue weighted by atomic mass is 32.2. The number of phenols is 1. The molecule has 6 heteroatoms. The van der Waals surface area contributed by atoms with Gasteiger partial charge in [0.05, 0.1) is 11.4 Å². The second-order valence-electron chi connectivity index (χ2n) is 7.69. The van der Waals surface area contributed by atoms with Gasteiger partial charge in [-0.25, -0.2) is 0 Å². The number of carbonyl (C=O) groups is 1. The fraction of sp³-hybridized carbons (Fsp3) is 0.240. The van der Waals surface area contributed by atoms with Crippen molar-refractivity contribution in [1.82, 2.24) is 4.90 Å². The standard InChI is InChI=1S/C17H20N2S.C8H9NO2/c1-13(18(2)3)12-19-14-8-4-6-10-16(14)20-17-11-7-5-9-15(17)19;1-6(10)9-7-2-4-8(11)5-3-7/h4-11,13H,12H2,1-3H3;2-5,11H,1H3,(H,9,10). The van der Waals surface area contributed by atoms with E-state index in [-0.39, 0.29) is 11.7 Å². The van der Waals surface area contributed by atoms with Gasteiger partial charge in [0.15, 0.2) is 0 Å². The molecular weight excluding hydrogens is 406 g/mol. The van der Waals surface area contributed by atoms with Gasteiger partial charge in [0.1, 0.15) is 5.75 Å². The van der Waals surface area contributed by atoms with E-state index in [4.69, 9.17) is 5.11 Å². The third-order valence-electron chi connectivity index (χ3n) is 5.05. The van der Waals surface area contributed by atoms with Crippen molar-refractivity contribution in [2.24, 2.45) is 0 Å². The maximum atomic E-state index is 10.5. The summed E-state index contributed by atoms with van der Waals surface area (Å²) in [7, 11) is 4.28.